The molecule has 0 radical (unpaired) electrons. The van der Waals surface area contributed by atoms with Gasteiger partial charge >= 0.3 is 5.97 Å². The molecule has 0 unspecified atom stereocenters. The number of alkyl halides is 2. The zero-order chi connectivity index (χ0) is 16.8. The van der Waals surface area contributed by atoms with Gasteiger partial charge in [-0.3, -0.25) is 9.59 Å². The predicted octanol–water partition coefficient (Wildman–Crippen LogP) is 2.79. The molecule has 0 saturated heterocycles. The Hall–Kier alpha value is -1.04. The van der Waals surface area contributed by atoms with Crippen LogP contribution in [0.25, 0.3) is 0 Å². The van der Waals surface area contributed by atoms with Crippen molar-refractivity contribution in [1.82, 2.24) is 0 Å². The lowest BCUT2D eigenvalue weighted by Gasteiger charge is -2.27. The Balaban J connectivity index is 4.71. The normalized spacial score (nSPS) is 15.1. The molecule has 2 N–H and O–H groups in total. The minimum absolute atomic E-state index is 0.0641. The van der Waals surface area contributed by atoms with Gasteiger partial charge in [-0.25, -0.2) is 8.78 Å². The van der Waals surface area contributed by atoms with Gasteiger partial charge in [0, 0.05) is 11.8 Å². The van der Waals surface area contributed by atoms with E-state index < -0.39 is 29.8 Å². The molecule has 0 saturated carbocycles. The smallest absolute Gasteiger partial charge is 0.309 e. The van der Waals surface area contributed by atoms with Crippen LogP contribution in [0.15, 0.2) is 0 Å². The number of Topliss-reactive ketones (excluding diaryl/α,β-unsaturated/α-hetero) is 1. The second kappa shape index (κ2) is 8.41. The molecule has 124 valence electrons. The molecule has 0 aromatic rings. The molecule has 2 atom stereocenters. The quantitative estimate of drug-likeness (QED) is 0.665. The first kappa shape index (κ1) is 20.0. The van der Waals surface area contributed by atoms with E-state index in [-0.39, 0.29) is 24.5 Å². The molecular weight excluding hydrogens is 280 g/mol. The molecule has 0 aliphatic heterocycles. The van der Waals surface area contributed by atoms with Crippen molar-refractivity contribution in [3.05, 3.63) is 0 Å². The molecule has 0 aromatic heterocycles. The monoisotopic (exact) mass is 307 g/mol. The summed E-state index contributed by atoms with van der Waals surface area (Å²) in [7, 11) is 1.26. The van der Waals surface area contributed by atoms with E-state index in [0.717, 1.165) is 0 Å². The summed E-state index contributed by atoms with van der Waals surface area (Å²) in [5.41, 5.74) is 4.40. The molecule has 0 amide bonds. The zero-order valence-electron chi connectivity index (χ0n) is 13.5. The van der Waals surface area contributed by atoms with Gasteiger partial charge < -0.3 is 10.5 Å². The largest absolute Gasteiger partial charge is 0.469 e. The summed E-state index contributed by atoms with van der Waals surface area (Å²) in [6.07, 6.45) is -2.23. The van der Waals surface area contributed by atoms with Gasteiger partial charge in [-0.15, -0.1) is 0 Å². The Kier molecular flexibility index (Phi) is 8.00. The average molecular weight is 307 g/mol. The van der Waals surface area contributed by atoms with Crippen LogP contribution in [0.3, 0.4) is 0 Å². The third-order valence-corrected chi connectivity index (χ3v) is 3.49. The third kappa shape index (κ3) is 6.98. The fourth-order valence-electron chi connectivity index (χ4n) is 2.16. The van der Waals surface area contributed by atoms with Gasteiger partial charge in [-0.2, -0.15) is 0 Å². The Labute approximate surface area is 125 Å². The molecule has 6 heteroatoms. The van der Waals surface area contributed by atoms with Gasteiger partial charge in [-0.1, -0.05) is 27.7 Å². The zero-order valence-corrected chi connectivity index (χ0v) is 13.5. The Morgan fingerprint density at radius 1 is 1.24 bits per heavy atom. The SMILES string of the molecule is COC(=O)[C@@H](CC(=O)[C@H](N)CC(C)(C)C(F)F)CC(C)C. The second-order valence-corrected chi connectivity index (χ2v) is 6.62. The fraction of sp³-hybridized carbons (Fsp3) is 0.867. The summed E-state index contributed by atoms with van der Waals surface area (Å²) in [5.74, 6) is -1.18. The topological polar surface area (TPSA) is 69.4 Å². The van der Waals surface area contributed by atoms with Gasteiger partial charge in [0.2, 0.25) is 6.43 Å². The summed E-state index contributed by atoms with van der Waals surface area (Å²) in [6.45, 7) is 6.61. The number of ketones is 1. The van der Waals surface area contributed by atoms with Crippen molar-refractivity contribution in [2.45, 2.75) is 59.4 Å². The highest BCUT2D eigenvalue weighted by Crippen LogP contribution is 2.30. The third-order valence-electron chi connectivity index (χ3n) is 3.49. The van der Waals surface area contributed by atoms with Gasteiger partial charge in [-0.05, 0) is 18.8 Å². The van der Waals surface area contributed by atoms with Crippen molar-refractivity contribution in [1.29, 1.82) is 0 Å². The van der Waals surface area contributed by atoms with Crippen LogP contribution in [0.2, 0.25) is 0 Å². The van der Waals surface area contributed by atoms with Crippen molar-refractivity contribution < 1.29 is 23.1 Å². The minimum Gasteiger partial charge on any atom is -0.469 e. The van der Waals surface area contributed by atoms with Crippen LogP contribution in [0.5, 0.6) is 0 Å². The van der Waals surface area contributed by atoms with Gasteiger partial charge in [0.25, 0.3) is 0 Å². The van der Waals surface area contributed by atoms with E-state index in [4.69, 9.17) is 5.73 Å². The van der Waals surface area contributed by atoms with Gasteiger partial charge in [0.1, 0.15) is 5.78 Å². The molecule has 0 aliphatic carbocycles. The summed E-state index contributed by atoms with van der Waals surface area (Å²) in [6, 6.07) is -0.992. The van der Waals surface area contributed by atoms with E-state index >= 15 is 0 Å². The van der Waals surface area contributed by atoms with Crippen molar-refractivity contribution in [3.63, 3.8) is 0 Å². The first-order valence-electron chi connectivity index (χ1n) is 7.15. The maximum atomic E-state index is 12.8. The average Bonchev–Trinajstić information content (AvgIpc) is 2.35. The number of nitrogens with two attached hydrogens (primary N) is 1. The van der Waals surface area contributed by atoms with Crippen LogP contribution in [-0.4, -0.2) is 31.3 Å². The lowest BCUT2D eigenvalue weighted by molar-refractivity contribution is -0.148. The number of ether oxygens (including phenoxy) is 1. The van der Waals surface area contributed by atoms with E-state index in [0.29, 0.717) is 6.42 Å². The van der Waals surface area contributed by atoms with Gasteiger partial charge in [0.05, 0.1) is 19.1 Å². The highest BCUT2D eigenvalue weighted by atomic mass is 19.3. The fourth-order valence-corrected chi connectivity index (χ4v) is 2.16. The molecule has 0 bridgehead atoms. The Morgan fingerprint density at radius 2 is 1.76 bits per heavy atom. The Bertz CT molecular complexity index is 357. The summed E-state index contributed by atoms with van der Waals surface area (Å²) in [5, 5.41) is 0. The number of esters is 1. The van der Waals surface area contributed by atoms with Crippen LogP contribution in [0.4, 0.5) is 8.78 Å². The number of carbonyl (C=O) groups excluding carboxylic acids is 2. The molecular formula is C15H27F2NO3. The number of methoxy groups -OCH3 is 1. The number of hydrogen-bond acceptors (Lipinski definition) is 4. The number of carbonyl (C=O) groups is 2. The molecule has 0 aromatic carbocycles. The van der Waals surface area contributed by atoms with E-state index in [1.807, 2.05) is 13.8 Å². The van der Waals surface area contributed by atoms with Crippen molar-refractivity contribution >= 4 is 11.8 Å². The first-order chi connectivity index (χ1) is 9.51. The standard InChI is InChI=1S/C15H27F2NO3/c1-9(2)6-10(13(20)21-5)7-12(19)11(18)8-15(3,4)14(16)17/h9-11,14H,6-8,18H2,1-5H3/t10-,11-/m1/s1. The molecule has 0 aliphatic rings. The highest BCUT2D eigenvalue weighted by molar-refractivity contribution is 5.88. The maximum Gasteiger partial charge on any atom is 0.309 e. The maximum absolute atomic E-state index is 12.8. The highest BCUT2D eigenvalue weighted by Gasteiger charge is 2.34. The second-order valence-electron chi connectivity index (χ2n) is 6.62. The van der Waals surface area contributed by atoms with Crippen molar-refractivity contribution in [2.24, 2.45) is 23.0 Å². The van der Waals surface area contributed by atoms with Crippen molar-refractivity contribution in [2.75, 3.05) is 7.11 Å². The first-order valence-corrected chi connectivity index (χ1v) is 7.15. The van der Waals surface area contributed by atoms with E-state index in [1.165, 1.54) is 21.0 Å². The number of rotatable bonds is 9. The van der Waals surface area contributed by atoms with Crippen LogP contribution in [0, 0.1) is 17.3 Å². The van der Waals surface area contributed by atoms with Crippen LogP contribution >= 0.6 is 0 Å². The number of halogens is 2. The molecule has 21 heavy (non-hydrogen) atoms. The summed E-state index contributed by atoms with van der Waals surface area (Å²) in [4.78, 5) is 23.7. The molecule has 0 fully saturated rings. The van der Waals surface area contributed by atoms with E-state index in [1.54, 1.807) is 0 Å². The van der Waals surface area contributed by atoms with Crippen molar-refractivity contribution in [3.8, 4) is 0 Å². The minimum atomic E-state index is -2.55. The number of hydrogen-bond donors (Lipinski definition) is 1. The van der Waals surface area contributed by atoms with Crippen LogP contribution in [-0.2, 0) is 14.3 Å². The van der Waals surface area contributed by atoms with Gasteiger partial charge in [0.15, 0.2) is 0 Å². The lowest BCUT2D eigenvalue weighted by atomic mass is 9.82. The van der Waals surface area contributed by atoms with E-state index in [9.17, 15) is 18.4 Å². The summed E-state index contributed by atoms with van der Waals surface area (Å²) < 4.78 is 30.3. The molecule has 4 nitrogen and oxygen atoms in total. The molecule has 0 heterocycles. The molecule has 0 spiro atoms. The predicted molar refractivity (Wildman–Crippen MR) is 77.0 cm³/mol. The molecule has 0 rings (SSSR count). The Morgan fingerprint density at radius 3 is 2.14 bits per heavy atom. The lowest BCUT2D eigenvalue weighted by Crippen LogP contribution is -2.39. The van der Waals surface area contributed by atoms with Crippen LogP contribution < -0.4 is 5.73 Å². The van der Waals surface area contributed by atoms with Crippen LogP contribution in [0.1, 0.15) is 47.0 Å². The summed E-state index contributed by atoms with van der Waals surface area (Å²) >= 11 is 0. The van der Waals surface area contributed by atoms with E-state index in [2.05, 4.69) is 4.74 Å².